The third-order valence-corrected chi connectivity index (χ3v) is 4.75. The maximum atomic E-state index is 12.3. The fourth-order valence-corrected chi connectivity index (χ4v) is 3.21. The molecule has 4 nitrogen and oxygen atoms in total. The highest BCUT2D eigenvalue weighted by Crippen LogP contribution is 2.49. The van der Waals surface area contributed by atoms with E-state index in [1.807, 2.05) is 0 Å². The molecule has 17 heavy (non-hydrogen) atoms. The molecule has 1 amide bonds. The van der Waals surface area contributed by atoms with Gasteiger partial charge in [0.2, 0.25) is 5.91 Å². The van der Waals surface area contributed by atoms with E-state index < -0.39 is 11.5 Å². The Balaban J connectivity index is 2.08. The van der Waals surface area contributed by atoms with Crippen molar-refractivity contribution in [2.45, 2.75) is 45.1 Å². The van der Waals surface area contributed by atoms with E-state index in [9.17, 15) is 9.59 Å². The number of carboxylic acids is 1. The molecule has 96 valence electrons. The van der Waals surface area contributed by atoms with E-state index in [1.165, 1.54) is 11.3 Å². The molecule has 1 N–H and O–H groups in total. The predicted molar refractivity (Wildman–Crippen MR) is 63.4 cm³/mol. The molecule has 0 aliphatic heterocycles. The van der Waals surface area contributed by atoms with Gasteiger partial charge in [-0.3, -0.25) is 4.79 Å². The van der Waals surface area contributed by atoms with Crippen molar-refractivity contribution in [3.8, 4) is 0 Å². The first-order valence-electron chi connectivity index (χ1n) is 6.35. The Hall–Kier alpha value is -1.06. The molecular formula is C13H21NO3. The van der Waals surface area contributed by atoms with E-state index in [2.05, 4.69) is 0 Å². The molecule has 0 aromatic carbocycles. The summed E-state index contributed by atoms with van der Waals surface area (Å²) >= 11 is 0. The van der Waals surface area contributed by atoms with Gasteiger partial charge in [-0.1, -0.05) is 6.42 Å². The SMILES string of the molecule is CN(C(=O)C1CC2CCC1C2)C(C)(C)C(=O)O. The van der Waals surface area contributed by atoms with Crippen LogP contribution in [0.4, 0.5) is 0 Å². The largest absolute Gasteiger partial charge is 0.480 e. The minimum atomic E-state index is -1.11. The zero-order chi connectivity index (χ0) is 12.8. The second-order valence-corrected chi connectivity index (χ2v) is 6.04. The number of carbonyl (C=O) groups excluding carboxylic acids is 1. The Morgan fingerprint density at radius 1 is 1.24 bits per heavy atom. The van der Waals surface area contributed by atoms with Gasteiger partial charge in [0.15, 0.2) is 0 Å². The highest BCUT2D eigenvalue weighted by atomic mass is 16.4. The van der Waals surface area contributed by atoms with E-state index in [0.29, 0.717) is 11.8 Å². The molecule has 2 fully saturated rings. The molecule has 3 unspecified atom stereocenters. The van der Waals surface area contributed by atoms with Crippen molar-refractivity contribution in [1.82, 2.24) is 4.90 Å². The summed E-state index contributed by atoms with van der Waals surface area (Å²) < 4.78 is 0. The van der Waals surface area contributed by atoms with Gasteiger partial charge >= 0.3 is 5.97 Å². The van der Waals surface area contributed by atoms with Gasteiger partial charge < -0.3 is 10.0 Å². The zero-order valence-electron chi connectivity index (χ0n) is 10.8. The molecule has 0 radical (unpaired) electrons. The highest BCUT2D eigenvalue weighted by Gasteiger charge is 2.46. The van der Waals surface area contributed by atoms with Crippen LogP contribution in [0.5, 0.6) is 0 Å². The lowest BCUT2D eigenvalue weighted by molar-refractivity contribution is -0.157. The van der Waals surface area contributed by atoms with E-state index in [-0.39, 0.29) is 11.8 Å². The number of hydrogen-bond donors (Lipinski definition) is 1. The quantitative estimate of drug-likeness (QED) is 0.816. The molecule has 0 saturated heterocycles. The monoisotopic (exact) mass is 239 g/mol. The van der Waals surface area contributed by atoms with Crippen LogP contribution in [0.1, 0.15) is 39.5 Å². The van der Waals surface area contributed by atoms with Crippen LogP contribution >= 0.6 is 0 Å². The summed E-state index contributed by atoms with van der Waals surface area (Å²) in [4.78, 5) is 24.9. The zero-order valence-corrected chi connectivity index (χ0v) is 10.8. The molecular weight excluding hydrogens is 218 g/mol. The van der Waals surface area contributed by atoms with Crippen LogP contribution in [0.2, 0.25) is 0 Å². The van der Waals surface area contributed by atoms with Gasteiger partial charge in [0.05, 0.1) is 0 Å². The molecule has 0 spiro atoms. The van der Waals surface area contributed by atoms with Gasteiger partial charge in [-0.05, 0) is 44.9 Å². The number of hydrogen-bond acceptors (Lipinski definition) is 2. The average molecular weight is 239 g/mol. The third kappa shape index (κ3) is 1.94. The van der Waals surface area contributed by atoms with E-state index >= 15 is 0 Å². The molecule has 0 heterocycles. The molecule has 2 saturated carbocycles. The summed E-state index contributed by atoms with van der Waals surface area (Å²) in [5.41, 5.74) is -1.11. The van der Waals surface area contributed by atoms with Gasteiger partial charge in [0.25, 0.3) is 0 Å². The van der Waals surface area contributed by atoms with Crippen LogP contribution in [0.15, 0.2) is 0 Å². The fourth-order valence-electron chi connectivity index (χ4n) is 3.21. The molecule has 4 heteroatoms. The smallest absolute Gasteiger partial charge is 0.329 e. The first kappa shape index (κ1) is 12.4. The Kier molecular flexibility index (Phi) is 2.92. The van der Waals surface area contributed by atoms with E-state index in [1.54, 1.807) is 20.9 Å². The molecule has 2 aliphatic carbocycles. The van der Waals surface area contributed by atoms with Crippen molar-refractivity contribution in [3.05, 3.63) is 0 Å². The van der Waals surface area contributed by atoms with Crippen molar-refractivity contribution >= 4 is 11.9 Å². The number of carboxylic acid groups (broad SMARTS) is 1. The summed E-state index contributed by atoms with van der Waals surface area (Å²) in [6, 6.07) is 0. The number of aliphatic carboxylic acids is 1. The van der Waals surface area contributed by atoms with E-state index in [0.717, 1.165) is 19.3 Å². The normalized spacial score (nSPS) is 31.6. The average Bonchev–Trinajstić information content (AvgIpc) is 2.88. The Labute approximate surface area is 102 Å². The summed E-state index contributed by atoms with van der Waals surface area (Å²) in [7, 11) is 1.61. The molecule has 0 aromatic rings. The van der Waals surface area contributed by atoms with Crippen molar-refractivity contribution in [2.75, 3.05) is 7.05 Å². The number of amides is 1. The van der Waals surface area contributed by atoms with Crippen LogP contribution in [0.3, 0.4) is 0 Å². The molecule has 2 rings (SSSR count). The van der Waals surface area contributed by atoms with Crippen molar-refractivity contribution in [2.24, 2.45) is 17.8 Å². The topological polar surface area (TPSA) is 57.6 Å². The summed E-state index contributed by atoms with van der Waals surface area (Å²) in [6.07, 6.45) is 4.52. The second kappa shape index (κ2) is 4.00. The molecule has 0 aromatic heterocycles. The molecule has 3 atom stereocenters. The molecule has 2 bridgehead atoms. The van der Waals surface area contributed by atoms with Crippen LogP contribution in [0.25, 0.3) is 0 Å². The second-order valence-electron chi connectivity index (χ2n) is 6.04. The first-order valence-corrected chi connectivity index (χ1v) is 6.35. The lowest BCUT2D eigenvalue weighted by atomic mass is 9.86. The maximum Gasteiger partial charge on any atom is 0.329 e. The lowest BCUT2D eigenvalue weighted by Crippen LogP contribution is -2.53. The Morgan fingerprint density at radius 2 is 1.88 bits per heavy atom. The Morgan fingerprint density at radius 3 is 2.29 bits per heavy atom. The standard InChI is InChI=1S/C13H21NO3/c1-13(2,12(16)17)14(3)11(15)10-7-8-4-5-9(10)6-8/h8-10H,4-7H2,1-3H3,(H,16,17). The van der Waals surface area contributed by atoms with Crippen molar-refractivity contribution < 1.29 is 14.7 Å². The lowest BCUT2D eigenvalue weighted by Gasteiger charge is -2.35. The number of rotatable bonds is 3. The number of nitrogens with zero attached hydrogens (tertiary/aromatic N) is 1. The highest BCUT2D eigenvalue weighted by molar-refractivity contribution is 5.87. The molecule has 2 aliphatic rings. The number of fused-ring (bicyclic) bond motifs is 2. The van der Waals surface area contributed by atoms with E-state index in [4.69, 9.17) is 5.11 Å². The van der Waals surface area contributed by atoms with Crippen LogP contribution < -0.4 is 0 Å². The van der Waals surface area contributed by atoms with Gasteiger partial charge in [-0.15, -0.1) is 0 Å². The number of carbonyl (C=O) groups is 2. The first-order chi connectivity index (χ1) is 7.84. The third-order valence-electron chi connectivity index (χ3n) is 4.75. The van der Waals surface area contributed by atoms with Gasteiger partial charge in [-0.25, -0.2) is 4.79 Å². The van der Waals surface area contributed by atoms with Crippen LogP contribution in [-0.2, 0) is 9.59 Å². The summed E-state index contributed by atoms with van der Waals surface area (Å²) in [6.45, 7) is 3.17. The minimum Gasteiger partial charge on any atom is -0.480 e. The van der Waals surface area contributed by atoms with Crippen LogP contribution in [0, 0.1) is 17.8 Å². The van der Waals surface area contributed by atoms with Gasteiger partial charge in [0, 0.05) is 13.0 Å². The van der Waals surface area contributed by atoms with Gasteiger partial charge in [-0.2, -0.15) is 0 Å². The number of likely N-dealkylation sites (N-methyl/N-ethyl adjacent to an activating group) is 1. The van der Waals surface area contributed by atoms with Gasteiger partial charge in [0.1, 0.15) is 5.54 Å². The van der Waals surface area contributed by atoms with Crippen molar-refractivity contribution in [3.63, 3.8) is 0 Å². The van der Waals surface area contributed by atoms with Crippen LogP contribution in [-0.4, -0.2) is 34.5 Å². The fraction of sp³-hybridized carbons (Fsp3) is 0.846. The van der Waals surface area contributed by atoms with Crippen molar-refractivity contribution in [1.29, 1.82) is 0 Å². The Bertz CT molecular complexity index is 351. The summed E-state index contributed by atoms with van der Waals surface area (Å²) in [5.74, 6) is 0.341. The summed E-state index contributed by atoms with van der Waals surface area (Å²) in [5, 5.41) is 9.14. The maximum absolute atomic E-state index is 12.3. The predicted octanol–water partition coefficient (Wildman–Crippen LogP) is 1.74. The minimum absolute atomic E-state index is 0.0181.